The van der Waals surface area contributed by atoms with Gasteiger partial charge in [-0.25, -0.2) is 4.72 Å². The van der Waals surface area contributed by atoms with E-state index in [0.717, 1.165) is 27.8 Å². The van der Waals surface area contributed by atoms with Gasteiger partial charge in [-0.3, -0.25) is 9.00 Å². The topological polar surface area (TPSA) is 99.2 Å². The number of H-pyrrole nitrogens is 1. The quantitative estimate of drug-likeness (QED) is 0.579. The lowest BCUT2D eigenvalue weighted by atomic mass is 9.97. The van der Waals surface area contributed by atoms with Crippen LogP contribution in [0.5, 0.6) is 5.75 Å². The van der Waals surface area contributed by atoms with Crippen LogP contribution in [0.1, 0.15) is 26.3 Å². The molecule has 156 valence electrons. The van der Waals surface area contributed by atoms with E-state index < -0.39 is 11.3 Å². The summed E-state index contributed by atoms with van der Waals surface area (Å²) in [4.78, 5) is 15.4. The van der Waals surface area contributed by atoms with Crippen LogP contribution in [-0.2, 0) is 24.7 Å². The molecule has 0 aliphatic carbocycles. The van der Waals surface area contributed by atoms with Gasteiger partial charge in [-0.2, -0.15) is 0 Å². The van der Waals surface area contributed by atoms with E-state index in [2.05, 4.69) is 30.5 Å². The van der Waals surface area contributed by atoms with E-state index >= 15 is 0 Å². The van der Waals surface area contributed by atoms with Crippen LogP contribution >= 0.6 is 0 Å². The van der Waals surface area contributed by atoms with Gasteiger partial charge in [0.05, 0.1) is 6.61 Å². The highest BCUT2D eigenvalue weighted by Gasteiger charge is 2.17. The van der Waals surface area contributed by atoms with E-state index in [9.17, 15) is 13.6 Å². The Morgan fingerprint density at radius 2 is 2.00 bits per heavy atom. The molecule has 1 unspecified atom stereocenters. The van der Waals surface area contributed by atoms with E-state index in [1.54, 1.807) is 17.8 Å². The molecular formula is C21H26N3O4S-. The zero-order valence-corrected chi connectivity index (χ0v) is 17.9. The fourth-order valence-electron chi connectivity index (χ4n) is 3.13. The molecule has 0 saturated heterocycles. The molecule has 8 heteroatoms. The molecule has 0 saturated carbocycles. The third-order valence-electron chi connectivity index (χ3n) is 4.52. The van der Waals surface area contributed by atoms with Crippen molar-refractivity contribution in [3.8, 4) is 16.9 Å². The average Bonchev–Trinajstić information content (AvgIpc) is 3.12. The maximum absolute atomic E-state index is 12.4. The minimum atomic E-state index is -2.28. The fraction of sp³-hybridized carbons (Fsp3) is 0.381. The summed E-state index contributed by atoms with van der Waals surface area (Å²) in [5.41, 5.74) is 3.17. The Morgan fingerprint density at radius 1 is 1.24 bits per heavy atom. The molecule has 1 aromatic carbocycles. The van der Waals surface area contributed by atoms with Gasteiger partial charge < -0.3 is 18.8 Å². The molecule has 2 heterocycles. The van der Waals surface area contributed by atoms with E-state index in [1.165, 1.54) is 0 Å². The molecule has 0 radical (unpaired) electrons. The number of pyridine rings is 1. The average molecular weight is 417 g/mol. The number of nitrogens with one attached hydrogen (secondary N) is 2. The molecule has 2 aromatic heterocycles. The van der Waals surface area contributed by atoms with E-state index in [-0.39, 0.29) is 11.0 Å². The number of nitrogens with zero attached hydrogens (tertiary/aromatic N) is 1. The van der Waals surface area contributed by atoms with Crippen molar-refractivity contribution in [2.45, 2.75) is 27.2 Å². The Bertz CT molecular complexity index is 1100. The molecule has 0 bridgehead atoms. The number of ether oxygens (including phenoxy) is 1. The van der Waals surface area contributed by atoms with E-state index in [4.69, 9.17) is 4.74 Å². The molecule has 29 heavy (non-hydrogen) atoms. The second-order valence-electron chi connectivity index (χ2n) is 8.28. The Labute approximate surface area is 172 Å². The summed E-state index contributed by atoms with van der Waals surface area (Å²) in [7, 11) is 1.72. The highest BCUT2D eigenvalue weighted by Crippen LogP contribution is 2.35. The fourth-order valence-corrected chi connectivity index (χ4v) is 3.39. The summed E-state index contributed by atoms with van der Waals surface area (Å²) in [5, 5.41) is 0.824. The highest BCUT2D eigenvalue weighted by molar-refractivity contribution is 7.77. The zero-order chi connectivity index (χ0) is 21.2. The SMILES string of the molecule is Cn1cc(-c2cc(CCNS(=O)[O-])ccc2OCC(C)(C)C)c2cc[nH]c2c1=O. The van der Waals surface area contributed by atoms with Crippen molar-refractivity contribution in [2.75, 3.05) is 13.2 Å². The van der Waals surface area contributed by atoms with Gasteiger partial charge in [0.25, 0.3) is 5.56 Å². The van der Waals surface area contributed by atoms with Crippen LogP contribution in [0.25, 0.3) is 22.0 Å². The summed E-state index contributed by atoms with van der Waals surface area (Å²) in [6.07, 6.45) is 4.11. The first-order chi connectivity index (χ1) is 13.7. The standard InChI is InChI=1S/C21H27N3O4S/c1-21(2,3)13-28-18-6-5-14(7-10-23-29(26)27)11-16(18)17-12-24(4)20(25)19-15(17)8-9-22-19/h5-6,8-9,11-12,22-23H,7,10,13H2,1-4H3,(H,26,27)/p-1. The first kappa shape index (κ1) is 21.3. The smallest absolute Gasteiger partial charge is 0.274 e. The van der Waals surface area contributed by atoms with Crippen molar-refractivity contribution in [1.82, 2.24) is 14.3 Å². The predicted molar refractivity (Wildman–Crippen MR) is 115 cm³/mol. The van der Waals surface area contributed by atoms with Crippen LogP contribution in [0.3, 0.4) is 0 Å². The summed E-state index contributed by atoms with van der Waals surface area (Å²) in [5.74, 6) is 0.727. The van der Waals surface area contributed by atoms with Crippen LogP contribution < -0.4 is 15.0 Å². The Balaban J connectivity index is 2.08. The van der Waals surface area contributed by atoms with Crippen molar-refractivity contribution in [2.24, 2.45) is 12.5 Å². The van der Waals surface area contributed by atoms with Crippen molar-refractivity contribution in [3.05, 3.63) is 52.6 Å². The summed E-state index contributed by atoms with van der Waals surface area (Å²) >= 11 is -2.28. The molecular weight excluding hydrogens is 390 g/mol. The summed E-state index contributed by atoms with van der Waals surface area (Å²) < 4.78 is 31.5. The first-order valence-electron chi connectivity index (χ1n) is 9.41. The monoisotopic (exact) mass is 416 g/mol. The minimum absolute atomic E-state index is 0.00893. The zero-order valence-electron chi connectivity index (χ0n) is 17.1. The second kappa shape index (κ2) is 8.52. The van der Waals surface area contributed by atoms with Gasteiger partial charge in [0.1, 0.15) is 11.3 Å². The van der Waals surface area contributed by atoms with E-state index in [1.807, 2.05) is 30.5 Å². The van der Waals surface area contributed by atoms with Gasteiger partial charge in [-0.1, -0.05) is 26.8 Å². The molecule has 2 N–H and O–H groups in total. The van der Waals surface area contributed by atoms with Crippen LogP contribution in [0.4, 0.5) is 0 Å². The lowest BCUT2D eigenvalue weighted by Crippen LogP contribution is -2.19. The van der Waals surface area contributed by atoms with Gasteiger partial charge >= 0.3 is 0 Å². The van der Waals surface area contributed by atoms with Crippen molar-refractivity contribution in [3.63, 3.8) is 0 Å². The number of hydrogen-bond acceptors (Lipinski definition) is 4. The summed E-state index contributed by atoms with van der Waals surface area (Å²) in [6, 6.07) is 7.73. The maximum atomic E-state index is 12.4. The molecule has 1 atom stereocenters. The molecule has 3 rings (SSSR count). The van der Waals surface area contributed by atoms with Crippen LogP contribution in [0.15, 0.2) is 41.5 Å². The second-order valence-corrected chi connectivity index (χ2v) is 9.04. The van der Waals surface area contributed by atoms with Crippen molar-refractivity contribution < 1.29 is 13.5 Å². The number of benzene rings is 1. The number of aromatic amines is 1. The van der Waals surface area contributed by atoms with Gasteiger partial charge in [-0.05, 0) is 35.6 Å². The minimum Gasteiger partial charge on any atom is -0.760 e. The molecule has 0 aliphatic heterocycles. The lowest BCUT2D eigenvalue weighted by molar-refractivity contribution is 0.198. The number of aromatic nitrogens is 2. The van der Waals surface area contributed by atoms with Gasteiger partial charge in [0.2, 0.25) is 0 Å². The third kappa shape index (κ3) is 5.14. The number of hydrogen-bond donors (Lipinski definition) is 2. The molecule has 3 aromatic rings. The van der Waals surface area contributed by atoms with Gasteiger partial charge in [0, 0.05) is 53.8 Å². The molecule has 7 nitrogen and oxygen atoms in total. The molecule has 0 amide bonds. The number of aryl methyl sites for hydroxylation is 1. The van der Waals surface area contributed by atoms with Crippen molar-refractivity contribution in [1.29, 1.82) is 0 Å². The van der Waals surface area contributed by atoms with Gasteiger partial charge in [-0.15, -0.1) is 0 Å². The van der Waals surface area contributed by atoms with Crippen LogP contribution in [-0.4, -0.2) is 31.5 Å². The summed E-state index contributed by atoms with van der Waals surface area (Å²) in [6.45, 7) is 7.16. The maximum Gasteiger partial charge on any atom is 0.274 e. The molecule has 0 fully saturated rings. The lowest BCUT2D eigenvalue weighted by Gasteiger charge is -2.21. The first-order valence-corrected chi connectivity index (χ1v) is 10.5. The largest absolute Gasteiger partial charge is 0.760 e. The highest BCUT2D eigenvalue weighted by atomic mass is 32.2. The third-order valence-corrected chi connectivity index (χ3v) is 4.96. The number of rotatable bonds is 7. The van der Waals surface area contributed by atoms with Crippen LogP contribution in [0, 0.1) is 5.41 Å². The molecule has 0 spiro atoms. The number of fused-ring (bicyclic) bond motifs is 1. The van der Waals surface area contributed by atoms with Crippen molar-refractivity contribution >= 4 is 22.2 Å². The Kier molecular flexibility index (Phi) is 6.26. The van der Waals surface area contributed by atoms with Crippen LogP contribution in [0.2, 0.25) is 0 Å². The van der Waals surface area contributed by atoms with E-state index in [0.29, 0.717) is 25.1 Å². The normalized spacial score (nSPS) is 13.0. The van der Waals surface area contributed by atoms with Gasteiger partial charge in [0.15, 0.2) is 0 Å². The Morgan fingerprint density at radius 3 is 2.69 bits per heavy atom. The predicted octanol–water partition coefficient (Wildman–Crippen LogP) is 2.88. The molecule has 0 aliphatic rings. The Hall–Kier alpha value is -2.42.